The number of rotatable bonds is 5. The third kappa shape index (κ3) is 4.45. The smallest absolute Gasteiger partial charge is 0.274 e. The summed E-state index contributed by atoms with van der Waals surface area (Å²) in [6.07, 6.45) is 1.58. The molecule has 0 aliphatic heterocycles. The fourth-order valence-electron chi connectivity index (χ4n) is 2.25. The fourth-order valence-corrected chi connectivity index (χ4v) is 2.70. The summed E-state index contributed by atoms with van der Waals surface area (Å²) in [6, 6.07) is 15.8. The average molecular weight is 388 g/mol. The largest absolute Gasteiger partial charge is 0.497 e. The maximum Gasteiger partial charge on any atom is 0.274 e. The molecular formula is C19H15Cl2N3O2. The van der Waals surface area contributed by atoms with E-state index < -0.39 is 0 Å². The van der Waals surface area contributed by atoms with Crippen LogP contribution in [0.3, 0.4) is 0 Å². The van der Waals surface area contributed by atoms with E-state index in [1.807, 2.05) is 24.3 Å². The Morgan fingerprint density at radius 2 is 1.88 bits per heavy atom. The lowest BCUT2D eigenvalue weighted by atomic mass is 10.2. The van der Waals surface area contributed by atoms with Gasteiger partial charge in [0.2, 0.25) is 0 Å². The molecule has 0 aliphatic carbocycles. The molecule has 0 saturated heterocycles. The van der Waals surface area contributed by atoms with Crippen molar-refractivity contribution < 1.29 is 9.53 Å². The van der Waals surface area contributed by atoms with Crippen molar-refractivity contribution in [2.75, 3.05) is 17.7 Å². The van der Waals surface area contributed by atoms with Gasteiger partial charge in [-0.2, -0.15) is 0 Å². The summed E-state index contributed by atoms with van der Waals surface area (Å²) in [7, 11) is 1.61. The zero-order valence-corrected chi connectivity index (χ0v) is 15.3. The van der Waals surface area contributed by atoms with Crippen LogP contribution in [0.4, 0.5) is 17.1 Å². The molecule has 7 heteroatoms. The predicted molar refractivity (Wildman–Crippen MR) is 105 cm³/mol. The summed E-state index contributed by atoms with van der Waals surface area (Å²) in [4.78, 5) is 16.5. The number of nitrogens with zero attached hydrogens (tertiary/aromatic N) is 1. The van der Waals surface area contributed by atoms with Crippen LogP contribution in [0.5, 0.6) is 5.75 Å². The minimum atomic E-state index is -0.359. The molecule has 1 amide bonds. The number of aromatic nitrogens is 1. The average Bonchev–Trinajstić information content (AvgIpc) is 2.64. The van der Waals surface area contributed by atoms with Gasteiger partial charge in [-0.25, -0.2) is 4.98 Å². The van der Waals surface area contributed by atoms with Crippen molar-refractivity contribution in [1.82, 2.24) is 4.98 Å². The molecule has 3 aromatic rings. The number of benzene rings is 2. The lowest BCUT2D eigenvalue weighted by molar-refractivity contribution is 0.102. The summed E-state index contributed by atoms with van der Waals surface area (Å²) in [6.45, 7) is 0. The number of hydrogen-bond donors (Lipinski definition) is 2. The summed E-state index contributed by atoms with van der Waals surface area (Å²) >= 11 is 11.9. The maximum absolute atomic E-state index is 12.3. The van der Waals surface area contributed by atoms with Crippen LogP contribution < -0.4 is 15.4 Å². The molecule has 3 rings (SSSR count). The predicted octanol–water partition coefficient (Wildman–Crippen LogP) is 5.39. The first-order chi connectivity index (χ1) is 12.5. The van der Waals surface area contributed by atoms with Crippen molar-refractivity contribution in [2.45, 2.75) is 0 Å². The van der Waals surface area contributed by atoms with Crippen molar-refractivity contribution in [3.63, 3.8) is 0 Å². The van der Waals surface area contributed by atoms with Crippen LogP contribution >= 0.6 is 23.2 Å². The lowest BCUT2D eigenvalue weighted by Crippen LogP contribution is -2.13. The maximum atomic E-state index is 12.3. The number of carbonyl (C=O) groups excluding carboxylic acids is 1. The number of ether oxygens (including phenoxy) is 1. The van der Waals surface area contributed by atoms with E-state index in [1.54, 1.807) is 43.6 Å². The number of halogens is 2. The van der Waals surface area contributed by atoms with Crippen molar-refractivity contribution in [1.29, 1.82) is 0 Å². The van der Waals surface area contributed by atoms with Crippen LogP contribution in [0.1, 0.15) is 10.5 Å². The fraction of sp³-hybridized carbons (Fsp3) is 0.0526. The summed E-state index contributed by atoms with van der Waals surface area (Å²) in [5, 5.41) is 6.77. The lowest BCUT2D eigenvalue weighted by Gasteiger charge is -2.09. The van der Waals surface area contributed by atoms with Crippen LogP contribution in [-0.4, -0.2) is 18.0 Å². The Morgan fingerprint density at radius 3 is 2.58 bits per heavy atom. The molecule has 26 heavy (non-hydrogen) atoms. The van der Waals surface area contributed by atoms with E-state index in [0.29, 0.717) is 15.7 Å². The van der Waals surface area contributed by atoms with Crippen LogP contribution in [0.15, 0.2) is 60.8 Å². The van der Waals surface area contributed by atoms with Gasteiger partial charge in [-0.05, 0) is 42.5 Å². The first-order valence-corrected chi connectivity index (χ1v) is 8.44. The Morgan fingerprint density at radius 1 is 1.04 bits per heavy atom. The number of amides is 1. The van der Waals surface area contributed by atoms with Gasteiger partial charge < -0.3 is 15.4 Å². The second-order valence-electron chi connectivity index (χ2n) is 5.37. The molecular weight excluding hydrogens is 373 g/mol. The van der Waals surface area contributed by atoms with Crippen molar-refractivity contribution in [2.24, 2.45) is 0 Å². The van der Waals surface area contributed by atoms with Crippen molar-refractivity contribution in [3.05, 3.63) is 76.5 Å². The topological polar surface area (TPSA) is 63.2 Å². The van der Waals surface area contributed by atoms with Gasteiger partial charge in [0.25, 0.3) is 5.91 Å². The number of nitrogens with one attached hydrogen (secondary N) is 2. The third-order valence-electron chi connectivity index (χ3n) is 3.53. The molecule has 1 aromatic heterocycles. The number of methoxy groups -OCH3 is 1. The molecule has 1 heterocycles. The Hall–Kier alpha value is -2.76. The van der Waals surface area contributed by atoms with E-state index in [-0.39, 0.29) is 11.6 Å². The first-order valence-electron chi connectivity index (χ1n) is 7.69. The molecule has 5 nitrogen and oxygen atoms in total. The molecule has 0 spiro atoms. The standard InChI is InChI=1S/C19H15Cl2N3O2/c1-26-15-4-2-3-13(10-15)23-14-6-8-18(22-11-14)19(25)24-17-7-5-12(20)9-16(17)21/h2-11,23H,1H3,(H,24,25). The molecule has 0 bridgehead atoms. The molecule has 0 unspecified atom stereocenters. The Kier molecular flexibility index (Phi) is 5.61. The molecule has 0 saturated carbocycles. The van der Waals surface area contributed by atoms with Crippen LogP contribution in [0.25, 0.3) is 0 Å². The highest BCUT2D eigenvalue weighted by atomic mass is 35.5. The van der Waals surface area contributed by atoms with Gasteiger partial charge in [-0.15, -0.1) is 0 Å². The number of anilines is 3. The van der Waals surface area contributed by atoms with Crippen LogP contribution in [0, 0.1) is 0 Å². The Labute approximate surface area is 160 Å². The zero-order valence-electron chi connectivity index (χ0n) is 13.8. The van der Waals surface area contributed by atoms with Gasteiger partial charge in [-0.3, -0.25) is 4.79 Å². The molecule has 0 radical (unpaired) electrons. The van der Waals surface area contributed by atoms with E-state index >= 15 is 0 Å². The van der Waals surface area contributed by atoms with E-state index in [9.17, 15) is 4.79 Å². The van der Waals surface area contributed by atoms with Gasteiger partial charge in [0.1, 0.15) is 11.4 Å². The molecule has 0 atom stereocenters. The van der Waals surface area contributed by atoms with Gasteiger partial charge in [0, 0.05) is 16.8 Å². The zero-order chi connectivity index (χ0) is 18.5. The Bertz CT molecular complexity index is 930. The number of hydrogen-bond acceptors (Lipinski definition) is 4. The number of pyridine rings is 1. The molecule has 0 aliphatic rings. The second kappa shape index (κ2) is 8.08. The highest BCUT2D eigenvalue weighted by Crippen LogP contribution is 2.26. The molecule has 2 N–H and O–H groups in total. The Balaban J connectivity index is 1.69. The second-order valence-corrected chi connectivity index (χ2v) is 6.21. The highest BCUT2D eigenvalue weighted by Gasteiger charge is 2.10. The van der Waals surface area contributed by atoms with E-state index in [0.717, 1.165) is 17.1 Å². The minimum Gasteiger partial charge on any atom is -0.497 e. The highest BCUT2D eigenvalue weighted by molar-refractivity contribution is 6.36. The molecule has 0 fully saturated rings. The van der Waals surface area contributed by atoms with Gasteiger partial charge >= 0.3 is 0 Å². The van der Waals surface area contributed by atoms with Gasteiger partial charge in [-0.1, -0.05) is 29.3 Å². The summed E-state index contributed by atoms with van der Waals surface area (Å²) in [5.74, 6) is 0.390. The number of carbonyl (C=O) groups is 1. The van der Waals surface area contributed by atoms with Crippen LogP contribution in [-0.2, 0) is 0 Å². The van der Waals surface area contributed by atoms with Crippen molar-refractivity contribution in [3.8, 4) is 5.75 Å². The normalized spacial score (nSPS) is 10.3. The van der Waals surface area contributed by atoms with Gasteiger partial charge in [0.05, 0.1) is 29.7 Å². The quantitative estimate of drug-likeness (QED) is 0.615. The summed E-state index contributed by atoms with van der Waals surface area (Å²) in [5.41, 5.74) is 2.35. The summed E-state index contributed by atoms with van der Waals surface area (Å²) < 4.78 is 5.19. The SMILES string of the molecule is COc1cccc(Nc2ccc(C(=O)Nc3ccc(Cl)cc3Cl)nc2)c1. The third-order valence-corrected chi connectivity index (χ3v) is 4.08. The van der Waals surface area contributed by atoms with Crippen LogP contribution in [0.2, 0.25) is 10.0 Å². The molecule has 132 valence electrons. The monoisotopic (exact) mass is 387 g/mol. The minimum absolute atomic E-state index is 0.271. The van der Waals surface area contributed by atoms with Gasteiger partial charge in [0.15, 0.2) is 0 Å². The van der Waals surface area contributed by atoms with Crippen molar-refractivity contribution >= 4 is 46.2 Å². The first kappa shape index (κ1) is 18.0. The molecule has 2 aromatic carbocycles. The van der Waals surface area contributed by atoms with E-state index in [4.69, 9.17) is 27.9 Å². The van der Waals surface area contributed by atoms with E-state index in [1.165, 1.54) is 0 Å². The van der Waals surface area contributed by atoms with E-state index in [2.05, 4.69) is 15.6 Å².